The van der Waals surface area contributed by atoms with Gasteiger partial charge in [0.25, 0.3) is 10.0 Å². The number of amides is 1. The number of aliphatic hydroxyl groups excluding tert-OH is 1. The third-order valence-electron chi connectivity index (χ3n) is 5.70. The van der Waals surface area contributed by atoms with E-state index in [-0.39, 0.29) is 36.6 Å². The van der Waals surface area contributed by atoms with Crippen LogP contribution in [0.25, 0.3) is 0 Å². The molecular weight excluding hydrogens is 448 g/mol. The molecule has 0 saturated carbocycles. The van der Waals surface area contributed by atoms with E-state index in [1.165, 1.54) is 24.5 Å². The average molecular weight is 471 g/mol. The number of hydrogen-bond acceptors (Lipinski definition) is 8. The Morgan fingerprint density at radius 1 is 1.18 bits per heavy atom. The highest BCUT2D eigenvalue weighted by Gasteiger charge is 2.33. The third-order valence-corrected chi connectivity index (χ3v) is 7.22. The van der Waals surface area contributed by atoms with Crippen LogP contribution in [0.4, 0.5) is 0 Å². The van der Waals surface area contributed by atoms with Gasteiger partial charge < -0.3 is 19.5 Å². The van der Waals surface area contributed by atoms with E-state index >= 15 is 0 Å². The summed E-state index contributed by atoms with van der Waals surface area (Å²) in [6.45, 7) is 1.07. The number of ether oxygens (including phenoxy) is 2. The summed E-state index contributed by atoms with van der Waals surface area (Å²) < 4.78 is 37.5. The molecule has 1 aromatic carbocycles. The molecule has 4 heterocycles. The van der Waals surface area contributed by atoms with Gasteiger partial charge in [-0.05, 0) is 11.6 Å². The third kappa shape index (κ3) is 4.10. The SMILES string of the molecule is O=C(C(CO)c1ccccc1)N1Cc2cn(S(=O)(=O)c3ccc(OC4COC4)nc3)nc2C1. The lowest BCUT2D eigenvalue weighted by Gasteiger charge is -2.26. The van der Waals surface area contributed by atoms with Crippen molar-refractivity contribution in [2.24, 2.45) is 0 Å². The topological polar surface area (TPSA) is 124 Å². The van der Waals surface area contributed by atoms with Crippen LogP contribution < -0.4 is 4.74 Å². The van der Waals surface area contributed by atoms with Crippen molar-refractivity contribution in [3.63, 3.8) is 0 Å². The fraction of sp³-hybridized carbons (Fsp3) is 0.318. The number of nitrogens with zero attached hydrogens (tertiary/aromatic N) is 4. The Balaban J connectivity index is 1.29. The van der Waals surface area contributed by atoms with Gasteiger partial charge in [0.05, 0.1) is 44.2 Å². The summed E-state index contributed by atoms with van der Waals surface area (Å²) in [5.41, 5.74) is 1.89. The predicted octanol–water partition coefficient (Wildman–Crippen LogP) is 0.911. The van der Waals surface area contributed by atoms with Crippen molar-refractivity contribution < 1.29 is 27.8 Å². The smallest absolute Gasteiger partial charge is 0.284 e. The van der Waals surface area contributed by atoms with E-state index in [2.05, 4.69) is 10.1 Å². The quantitative estimate of drug-likeness (QED) is 0.541. The number of carbonyl (C=O) groups excluding carboxylic acids is 1. The standard InChI is InChI=1S/C22H22N4O6S/c27-12-19(15-4-2-1-3-5-15)22(28)25-9-16-10-26(24-20(16)11-25)33(29,30)18-6-7-21(23-8-18)32-17-13-31-14-17/h1-8,10,17,19,27H,9,11-14H2. The van der Waals surface area contributed by atoms with Crippen LogP contribution in [0.5, 0.6) is 5.88 Å². The molecule has 11 heteroatoms. The molecule has 1 N–H and O–H groups in total. The lowest BCUT2D eigenvalue weighted by atomic mass is 9.98. The van der Waals surface area contributed by atoms with Gasteiger partial charge in [-0.15, -0.1) is 0 Å². The minimum atomic E-state index is -3.94. The number of hydrogen-bond donors (Lipinski definition) is 1. The number of aromatic nitrogens is 3. The highest BCUT2D eigenvalue weighted by atomic mass is 32.2. The summed E-state index contributed by atoms with van der Waals surface area (Å²) in [5.74, 6) is -0.576. The number of carbonyl (C=O) groups is 1. The van der Waals surface area contributed by atoms with Gasteiger partial charge in [0.1, 0.15) is 11.0 Å². The van der Waals surface area contributed by atoms with Gasteiger partial charge in [0.2, 0.25) is 11.8 Å². The molecule has 1 amide bonds. The summed E-state index contributed by atoms with van der Waals surface area (Å²) in [4.78, 5) is 18.6. The molecule has 1 fully saturated rings. The fourth-order valence-corrected chi connectivity index (χ4v) is 4.90. The summed E-state index contributed by atoms with van der Waals surface area (Å²) in [6.07, 6.45) is 2.59. The molecule has 10 nitrogen and oxygen atoms in total. The zero-order valence-corrected chi connectivity index (χ0v) is 18.4. The lowest BCUT2D eigenvalue weighted by molar-refractivity contribution is -0.134. The van der Waals surface area contributed by atoms with Crippen molar-refractivity contribution >= 4 is 15.9 Å². The first-order valence-corrected chi connectivity index (χ1v) is 11.9. The molecule has 2 aliphatic rings. The van der Waals surface area contributed by atoms with Crippen LogP contribution >= 0.6 is 0 Å². The number of fused-ring (bicyclic) bond motifs is 1. The summed E-state index contributed by atoms with van der Waals surface area (Å²) >= 11 is 0. The Morgan fingerprint density at radius 2 is 1.97 bits per heavy atom. The Morgan fingerprint density at radius 3 is 2.58 bits per heavy atom. The maximum atomic E-state index is 13.0. The Hall–Kier alpha value is -3.28. The van der Waals surface area contributed by atoms with Crippen LogP contribution in [0, 0.1) is 0 Å². The molecule has 1 unspecified atom stereocenters. The second-order valence-electron chi connectivity index (χ2n) is 7.93. The van der Waals surface area contributed by atoms with Crippen LogP contribution in [-0.2, 0) is 32.6 Å². The number of benzene rings is 1. The first-order valence-electron chi connectivity index (χ1n) is 10.4. The average Bonchev–Trinajstić information content (AvgIpc) is 3.38. The molecule has 172 valence electrons. The maximum absolute atomic E-state index is 13.0. The van der Waals surface area contributed by atoms with E-state index in [9.17, 15) is 18.3 Å². The van der Waals surface area contributed by atoms with E-state index < -0.39 is 15.9 Å². The van der Waals surface area contributed by atoms with E-state index in [1.807, 2.05) is 18.2 Å². The van der Waals surface area contributed by atoms with Crippen LogP contribution in [0.2, 0.25) is 0 Å². The number of pyridine rings is 1. The fourth-order valence-electron chi connectivity index (χ4n) is 3.79. The summed E-state index contributed by atoms with van der Waals surface area (Å²) in [6, 6.07) is 12.0. The van der Waals surface area contributed by atoms with Crippen LogP contribution in [-0.4, -0.2) is 64.4 Å². The molecule has 0 aliphatic carbocycles. The summed E-state index contributed by atoms with van der Waals surface area (Å²) in [7, 11) is -3.94. The molecule has 2 aliphatic heterocycles. The van der Waals surface area contributed by atoms with Crippen molar-refractivity contribution in [2.75, 3.05) is 19.8 Å². The van der Waals surface area contributed by atoms with E-state index in [0.717, 1.165) is 9.65 Å². The minimum Gasteiger partial charge on any atom is -0.469 e. The molecule has 5 rings (SSSR count). The first kappa shape index (κ1) is 21.6. The molecule has 3 aromatic rings. The molecule has 0 radical (unpaired) electrons. The molecule has 2 aromatic heterocycles. The van der Waals surface area contributed by atoms with Gasteiger partial charge >= 0.3 is 0 Å². The largest absolute Gasteiger partial charge is 0.469 e. The van der Waals surface area contributed by atoms with Gasteiger partial charge in [0.15, 0.2) is 0 Å². The maximum Gasteiger partial charge on any atom is 0.284 e. The van der Waals surface area contributed by atoms with Crippen LogP contribution in [0.3, 0.4) is 0 Å². The second-order valence-corrected chi connectivity index (χ2v) is 9.72. The van der Waals surface area contributed by atoms with Crippen molar-refractivity contribution in [1.82, 2.24) is 19.1 Å². The molecular formula is C22H22N4O6S. The van der Waals surface area contributed by atoms with Gasteiger partial charge in [-0.1, -0.05) is 30.3 Å². The number of rotatable bonds is 7. The molecule has 0 spiro atoms. The molecule has 1 saturated heterocycles. The van der Waals surface area contributed by atoms with Gasteiger partial charge in [-0.3, -0.25) is 4.79 Å². The monoisotopic (exact) mass is 470 g/mol. The normalized spacial score (nSPS) is 16.8. The van der Waals surface area contributed by atoms with Crippen molar-refractivity contribution in [3.05, 3.63) is 71.7 Å². The molecule has 33 heavy (non-hydrogen) atoms. The highest BCUT2D eigenvalue weighted by molar-refractivity contribution is 7.89. The van der Waals surface area contributed by atoms with Crippen molar-refractivity contribution in [3.8, 4) is 5.88 Å². The Kier molecular flexibility index (Phi) is 5.60. The van der Waals surface area contributed by atoms with E-state index in [1.54, 1.807) is 17.0 Å². The number of aliphatic hydroxyl groups is 1. The van der Waals surface area contributed by atoms with E-state index in [0.29, 0.717) is 30.4 Å². The van der Waals surface area contributed by atoms with E-state index in [4.69, 9.17) is 9.47 Å². The highest BCUT2D eigenvalue weighted by Crippen LogP contribution is 2.28. The Labute approximate surface area is 190 Å². The molecule has 0 bridgehead atoms. The zero-order chi connectivity index (χ0) is 23.0. The van der Waals surface area contributed by atoms with Gasteiger partial charge in [-0.25, -0.2) is 4.98 Å². The summed E-state index contributed by atoms with van der Waals surface area (Å²) in [5, 5.41) is 14.0. The molecule has 1 atom stereocenters. The van der Waals surface area contributed by atoms with Gasteiger partial charge in [-0.2, -0.15) is 17.6 Å². The van der Waals surface area contributed by atoms with Crippen LogP contribution in [0.15, 0.2) is 59.8 Å². The Bertz CT molecular complexity index is 1230. The lowest BCUT2D eigenvalue weighted by Crippen LogP contribution is -2.38. The van der Waals surface area contributed by atoms with Crippen molar-refractivity contribution in [1.29, 1.82) is 0 Å². The predicted molar refractivity (Wildman–Crippen MR) is 115 cm³/mol. The second kappa shape index (κ2) is 8.58. The first-order chi connectivity index (χ1) is 16.0. The van der Waals surface area contributed by atoms with Crippen LogP contribution in [0.1, 0.15) is 22.7 Å². The van der Waals surface area contributed by atoms with Crippen molar-refractivity contribution in [2.45, 2.75) is 30.0 Å². The minimum absolute atomic E-state index is 0.0155. The zero-order valence-electron chi connectivity index (χ0n) is 17.6. The van der Waals surface area contributed by atoms with Gasteiger partial charge in [0, 0.05) is 24.4 Å².